The molecule has 0 bridgehead atoms. The van der Waals surface area contributed by atoms with E-state index in [4.69, 9.17) is 27.9 Å². The van der Waals surface area contributed by atoms with Crippen LogP contribution >= 0.6 is 23.2 Å². The highest BCUT2D eigenvalue weighted by Crippen LogP contribution is 2.49. The summed E-state index contributed by atoms with van der Waals surface area (Å²) < 4.78 is 4.96. The lowest BCUT2D eigenvalue weighted by atomic mass is 9.70. The Bertz CT molecular complexity index is 735. The zero-order chi connectivity index (χ0) is 17.9. The van der Waals surface area contributed by atoms with Crippen molar-refractivity contribution in [3.8, 4) is 6.07 Å². The van der Waals surface area contributed by atoms with Crippen LogP contribution < -0.4 is 0 Å². The average Bonchev–Trinajstić information content (AvgIpc) is 2.54. The van der Waals surface area contributed by atoms with Gasteiger partial charge in [0.25, 0.3) is 0 Å². The van der Waals surface area contributed by atoms with Crippen molar-refractivity contribution in [3.05, 3.63) is 52.0 Å². The normalized spacial score (nSPS) is 23.7. The molecule has 0 aliphatic heterocycles. The van der Waals surface area contributed by atoms with E-state index in [0.29, 0.717) is 10.6 Å². The number of carbonyl (C=O) groups is 1. The fraction of sp³-hybridized carbons (Fsp3) is 0.333. The Labute approximate surface area is 151 Å². The van der Waals surface area contributed by atoms with Crippen molar-refractivity contribution < 1.29 is 9.53 Å². The number of allylic oxidation sites excluding steroid dienone is 3. The summed E-state index contributed by atoms with van der Waals surface area (Å²) in [5.74, 6) is -1.42. The molecule has 6 heteroatoms. The largest absolute Gasteiger partial charge is 0.468 e. The van der Waals surface area contributed by atoms with Gasteiger partial charge in [-0.3, -0.25) is 4.79 Å². The van der Waals surface area contributed by atoms with Gasteiger partial charge in [-0.15, -0.1) is 0 Å². The summed E-state index contributed by atoms with van der Waals surface area (Å²) >= 11 is 13.0. The van der Waals surface area contributed by atoms with Crippen molar-refractivity contribution in [2.45, 2.75) is 0 Å². The van der Waals surface area contributed by atoms with E-state index in [9.17, 15) is 10.1 Å². The van der Waals surface area contributed by atoms with E-state index >= 15 is 0 Å². The molecule has 1 aliphatic rings. The summed E-state index contributed by atoms with van der Waals surface area (Å²) in [5.41, 5.74) is 0.121. The van der Waals surface area contributed by atoms with Crippen LogP contribution in [0.25, 0.3) is 5.57 Å². The van der Waals surface area contributed by atoms with Crippen LogP contribution in [0, 0.1) is 22.7 Å². The number of halogens is 2. The Morgan fingerprint density at radius 2 is 1.96 bits per heavy atom. The topological polar surface area (TPSA) is 53.3 Å². The van der Waals surface area contributed by atoms with Crippen molar-refractivity contribution in [3.63, 3.8) is 0 Å². The second kappa shape index (κ2) is 7.40. The second-order valence-electron chi connectivity index (χ2n) is 5.91. The molecule has 2 rings (SSSR count). The summed E-state index contributed by atoms with van der Waals surface area (Å²) in [5, 5.41) is 10.3. The monoisotopic (exact) mass is 364 g/mol. The molecule has 2 unspecified atom stereocenters. The molecular formula is C18H18Cl2N2O2. The van der Waals surface area contributed by atoms with Gasteiger partial charge < -0.3 is 9.64 Å². The molecule has 0 amide bonds. The van der Waals surface area contributed by atoms with Crippen LogP contribution in [0.3, 0.4) is 0 Å². The van der Waals surface area contributed by atoms with Gasteiger partial charge in [0, 0.05) is 22.2 Å². The van der Waals surface area contributed by atoms with Crippen LogP contribution in [0.2, 0.25) is 0 Å². The zero-order valence-electron chi connectivity index (χ0n) is 13.7. The fourth-order valence-corrected chi connectivity index (χ4v) is 3.92. The molecule has 126 valence electrons. The van der Waals surface area contributed by atoms with Crippen molar-refractivity contribution in [2.24, 2.45) is 11.3 Å². The number of benzene rings is 1. The number of nitriles is 1. The van der Waals surface area contributed by atoms with Crippen LogP contribution in [0.1, 0.15) is 5.56 Å². The highest BCUT2D eigenvalue weighted by molar-refractivity contribution is 6.43. The first-order valence-corrected chi connectivity index (χ1v) is 8.09. The quantitative estimate of drug-likeness (QED) is 0.765. The van der Waals surface area contributed by atoms with Gasteiger partial charge in [0.05, 0.1) is 13.2 Å². The van der Waals surface area contributed by atoms with Gasteiger partial charge in [0.1, 0.15) is 11.3 Å². The molecule has 24 heavy (non-hydrogen) atoms. The molecule has 4 nitrogen and oxygen atoms in total. The average molecular weight is 365 g/mol. The molecule has 0 fully saturated rings. The van der Waals surface area contributed by atoms with Gasteiger partial charge >= 0.3 is 5.97 Å². The highest BCUT2D eigenvalue weighted by atomic mass is 35.5. The molecule has 0 heterocycles. The Hall–Kier alpha value is -1.80. The molecule has 0 saturated heterocycles. The first kappa shape index (κ1) is 18.5. The van der Waals surface area contributed by atoms with E-state index in [0.717, 1.165) is 5.56 Å². The Morgan fingerprint density at radius 3 is 2.46 bits per heavy atom. The maximum Gasteiger partial charge on any atom is 0.318 e. The maximum atomic E-state index is 12.5. The number of hydrogen-bond acceptors (Lipinski definition) is 4. The number of esters is 1. The Kier molecular flexibility index (Phi) is 5.71. The van der Waals surface area contributed by atoms with Crippen molar-refractivity contribution in [2.75, 3.05) is 27.7 Å². The molecule has 1 aliphatic carbocycles. The third-order valence-electron chi connectivity index (χ3n) is 3.97. The summed E-state index contributed by atoms with van der Waals surface area (Å²) in [4.78, 5) is 14.3. The molecule has 2 atom stereocenters. The summed E-state index contributed by atoms with van der Waals surface area (Å²) in [6, 6.07) is 11.5. The molecule has 0 aromatic heterocycles. The van der Waals surface area contributed by atoms with Gasteiger partial charge in [0.2, 0.25) is 0 Å². The van der Waals surface area contributed by atoms with Gasteiger partial charge in [-0.25, -0.2) is 0 Å². The molecule has 0 saturated carbocycles. The summed E-state index contributed by atoms with van der Waals surface area (Å²) in [6.07, 6.45) is 1.60. The maximum absolute atomic E-state index is 12.5. The van der Waals surface area contributed by atoms with E-state index < -0.39 is 17.3 Å². The minimum Gasteiger partial charge on any atom is -0.468 e. The van der Waals surface area contributed by atoms with Crippen molar-refractivity contribution in [1.29, 1.82) is 5.26 Å². The second-order valence-corrected chi connectivity index (χ2v) is 6.73. The number of rotatable bonds is 4. The minimum atomic E-state index is -1.25. The molecule has 1 aromatic carbocycles. The van der Waals surface area contributed by atoms with Crippen LogP contribution in [-0.4, -0.2) is 38.6 Å². The minimum absolute atomic E-state index is 0.253. The van der Waals surface area contributed by atoms with E-state index in [1.54, 1.807) is 11.0 Å². The summed E-state index contributed by atoms with van der Waals surface area (Å²) in [7, 11) is 4.91. The van der Waals surface area contributed by atoms with E-state index in [1.807, 2.05) is 44.4 Å². The predicted molar refractivity (Wildman–Crippen MR) is 95.3 cm³/mol. The van der Waals surface area contributed by atoms with E-state index in [2.05, 4.69) is 6.07 Å². The van der Waals surface area contributed by atoms with Crippen LogP contribution in [-0.2, 0) is 9.53 Å². The van der Waals surface area contributed by atoms with Crippen LogP contribution in [0.4, 0.5) is 0 Å². The molecular weight excluding hydrogens is 347 g/mol. The first-order chi connectivity index (χ1) is 11.4. The highest BCUT2D eigenvalue weighted by Gasteiger charge is 2.51. The lowest BCUT2D eigenvalue weighted by Crippen LogP contribution is -2.47. The third kappa shape index (κ3) is 3.21. The predicted octanol–water partition coefficient (Wildman–Crippen LogP) is 3.63. The molecule has 0 radical (unpaired) electrons. The lowest BCUT2D eigenvalue weighted by molar-refractivity contribution is -0.152. The summed E-state index contributed by atoms with van der Waals surface area (Å²) in [6.45, 7) is 0.256. The SMILES string of the molecule is COC(=O)C1(CN(C)C)C=C(Cl)C(c2ccccc2)=C(Cl)C1C#N. The number of methoxy groups -OCH3 is 1. The smallest absolute Gasteiger partial charge is 0.318 e. The molecule has 0 spiro atoms. The number of nitrogens with zero attached hydrogens (tertiary/aromatic N) is 2. The third-order valence-corrected chi connectivity index (χ3v) is 4.67. The van der Waals surface area contributed by atoms with Crippen molar-refractivity contribution in [1.82, 2.24) is 4.90 Å². The van der Waals surface area contributed by atoms with E-state index in [1.165, 1.54) is 7.11 Å². The van der Waals surface area contributed by atoms with Gasteiger partial charge in [0.15, 0.2) is 0 Å². The number of ether oxygens (including phenoxy) is 1. The van der Waals surface area contributed by atoms with E-state index in [-0.39, 0.29) is 11.6 Å². The van der Waals surface area contributed by atoms with Crippen LogP contribution in [0.5, 0.6) is 0 Å². The molecule has 1 aromatic rings. The number of hydrogen-bond donors (Lipinski definition) is 0. The van der Waals surface area contributed by atoms with Gasteiger partial charge in [-0.2, -0.15) is 5.26 Å². The number of carbonyl (C=O) groups excluding carboxylic acids is 1. The van der Waals surface area contributed by atoms with Crippen LogP contribution in [0.15, 0.2) is 46.5 Å². The first-order valence-electron chi connectivity index (χ1n) is 7.34. The Balaban J connectivity index is 2.67. The van der Waals surface area contributed by atoms with Gasteiger partial charge in [-0.1, -0.05) is 53.5 Å². The standard InChI is InChI=1S/C18H18Cl2N2O2/c1-22(2)11-18(17(23)24-3)9-14(19)15(16(20)13(18)10-21)12-7-5-4-6-8-12/h4-9,13H,11H2,1-3H3. The van der Waals surface area contributed by atoms with Crippen molar-refractivity contribution >= 4 is 34.7 Å². The molecule has 0 N–H and O–H groups in total. The Morgan fingerprint density at radius 1 is 1.33 bits per heavy atom. The zero-order valence-corrected chi connectivity index (χ0v) is 15.2. The lowest BCUT2D eigenvalue weighted by Gasteiger charge is -2.38. The fourth-order valence-electron chi connectivity index (χ4n) is 3.01. The van der Waals surface area contributed by atoms with Gasteiger partial charge in [-0.05, 0) is 25.7 Å².